The van der Waals surface area contributed by atoms with Crippen LogP contribution in [0.4, 0.5) is 0 Å². The Labute approximate surface area is 102 Å². The van der Waals surface area contributed by atoms with Gasteiger partial charge >= 0.3 is 12.7 Å². The molecular weight excluding hydrogens is 221 g/mol. The molecule has 0 bridgehead atoms. The third-order valence-corrected chi connectivity index (χ3v) is 3.17. The minimum Gasteiger partial charge on any atom is -0.511 e. The van der Waals surface area contributed by atoms with E-state index in [2.05, 4.69) is 5.23 Å². The number of carbonyl (C=O) groups excluding carboxylic acids is 1. The van der Waals surface area contributed by atoms with Gasteiger partial charge in [-0.3, -0.25) is 4.79 Å². The van der Waals surface area contributed by atoms with Crippen LogP contribution < -0.4 is 5.23 Å². The molecule has 0 aromatic heterocycles. The molecule has 0 amide bonds. The summed E-state index contributed by atoms with van der Waals surface area (Å²) in [6.45, 7) is 6.16. The van der Waals surface area contributed by atoms with Crippen LogP contribution in [0.15, 0.2) is 0 Å². The lowest BCUT2D eigenvalue weighted by Gasteiger charge is -2.26. The smallest absolute Gasteiger partial charge is 0.469 e. The highest BCUT2D eigenvalue weighted by Gasteiger charge is 2.46. The molecule has 17 heavy (non-hydrogen) atoms. The van der Waals surface area contributed by atoms with Crippen LogP contribution in [-0.4, -0.2) is 37.5 Å². The Balaban J connectivity index is 1.79. The molecule has 2 heterocycles. The number of esters is 1. The summed E-state index contributed by atoms with van der Waals surface area (Å²) < 4.78 is 16.8. The molecule has 1 spiro atoms. The van der Waals surface area contributed by atoms with Crippen LogP contribution in [0.2, 0.25) is 6.32 Å². The predicted molar refractivity (Wildman–Crippen MR) is 63.3 cm³/mol. The molecule has 2 fully saturated rings. The van der Waals surface area contributed by atoms with Crippen molar-refractivity contribution in [3.63, 3.8) is 0 Å². The summed E-state index contributed by atoms with van der Waals surface area (Å²) in [4.78, 5) is 11.7. The molecule has 2 saturated heterocycles. The lowest BCUT2D eigenvalue weighted by Crippen LogP contribution is -2.97. The molecule has 2 aliphatic rings. The summed E-state index contributed by atoms with van der Waals surface area (Å²) in [5, 5.41) is 2.13. The minimum atomic E-state index is -1.17. The molecule has 6 heteroatoms. The summed E-state index contributed by atoms with van der Waals surface area (Å²) in [6.07, 6.45) is 2.08. The van der Waals surface area contributed by atoms with E-state index in [1.807, 2.05) is 20.8 Å². The lowest BCUT2D eigenvalue weighted by molar-refractivity contribution is -0.535. The molecule has 0 radical (unpaired) electrons. The Morgan fingerprint density at radius 1 is 1.53 bits per heavy atom. The number of ether oxygens (including phenoxy) is 1. The van der Waals surface area contributed by atoms with Crippen LogP contribution in [0.1, 0.15) is 33.6 Å². The van der Waals surface area contributed by atoms with E-state index in [0.29, 0.717) is 6.42 Å². The van der Waals surface area contributed by atoms with Crippen LogP contribution in [0.5, 0.6) is 0 Å². The van der Waals surface area contributed by atoms with E-state index in [4.69, 9.17) is 14.0 Å². The predicted octanol–water partition coefficient (Wildman–Crippen LogP) is 0.0396. The van der Waals surface area contributed by atoms with Crippen molar-refractivity contribution in [1.29, 1.82) is 0 Å². The van der Waals surface area contributed by atoms with Crippen molar-refractivity contribution in [3.8, 4) is 0 Å². The zero-order chi connectivity index (χ0) is 12.5. The van der Waals surface area contributed by atoms with E-state index in [9.17, 15) is 4.79 Å². The largest absolute Gasteiger partial charge is 0.511 e. The Bertz CT molecular complexity index is 296. The molecule has 2 atom stereocenters. The van der Waals surface area contributed by atoms with E-state index < -0.39 is 12.3 Å². The standard InChI is InChI=1S/C11H22BNO4/c1-11(2,3)16-10(14)8-9-4-5-12(17-9)13-6-7-15-12/h9H,4-8,13H2,1-3H3. The summed E-state index contributed by atoms with van der Waals surface area (Å²) >= 11 is 0. The molecule has 98 valence electrons. The molecule has 2 aliphatic heterocycles. The average Bonchev–Trinajstić information content (AvgIpc) is 2.75. The molecule has 2 N–H and O–H groups in total. The highest BCUT2D eigenvalue weighted by Crippen LogP contribution is 2.27. The van der Waals surface area contributed by atoms with Gasteiger partial charge in [0.2, 0.25) is 0 Å². The van der Waals surface area contributed by atoms with E-state index in [-0.39, 0.29) is 12.1 Å². The molecule has 0 aliphatic carbocycles. The van der Waals surface area contributed by atoms with Gasteiger partial charge in [-0.1, -0.05) is 12.7 Å². The van der Waals surface area contributed by atoms with Crippen molar-refractivity contribution < 1.29 is 24.1 Å². The molecule has 0 aromatic rings. The number of hydrogen-bond donors (Lipinski definition) is 1. The Morgan fingerprint density at radius 3 is 2.88 bits per heavy atom. The first kappa shape index (κ1) is 12.9. The Hall–Kier alpha value is -0.585. The second-order valence-electron chi connectivity index (χ2n) is 5.96. The van der Waals surface area contributed by atoms with Crippen LogP contribution in [0.25, 0.3) is 0 Å². The number of nitrogens with two attached hydrogens (primary N) is 1. The lowest BCUT2D eigenvalue weighted by atomic mass is 9.70. The van der Waals surface area contributed by atoms with E-state index >= 15 is 0 Å². The molecule has 0 saturated carbocycles. The highest BCUT2D eigenvalue weighted by molar-refractivity contribution is 6.59. The van der Waals surface area contributed by atoms with Crippen molar-refractivity contribution in [3.05, 3.63) is 0 Å². The van der Waals surface area contributed by atoms with Crippen LogP contribution in [0, 0.1) is 0 Å². The van der Waals surface area contributed by atoms with E-state index in [0.717, 1.165) is 25.9 Å². The van der Waals surface area contributed by atoms with Gasteiger partial charge in [0.25, 0.3) is 0 Å². The van der Waals surface area contributed by atoms with Gasteiger partial charge in [-0.2, -0.15) is 0 Å². The SMILES string of the molecule is CC(C)(C)OC(=O)CC1CC[B-]2([NH2+]CCO2)O1. The molecule has 0 aromatic carbocycles. The fraction of sp³-hybridized carbons (Fsp3) is 0.909. The monoisotopic (exact) mass is 243 g/mol. The molecule has 2 rings (SSSR count). The summed E-state index contributed by atoms with van der Waals surface area (Å²) in [7, 11) is 0. The van der Waals surface area contributed by atoms with Gasteiger partial charge in [-0.15, -0.1) is 0 Å². The Kier molecular flexibility index (Phi) is 3.47. The molecule has 5 nitrogen and oxygen atoms in total. The topological polar surface area (TPSA) is 61.4 Å². The van der Waals surface area contributed by atoms with Crippen molar-refractivity contribution in [1.82, 2.24) is 0 Å². The van der Waals surface area contributed by atoms with Gasteiger partial charge in [-0.05, 0) is 20.8 Å². The van der Waals surface area contributed by atoms with Gasteiger partial charge in [0.15, 0.2) is 0 Å². The Morgan fingerprint density at radius 2 is 2.29 bits per heavy atom. The number of carbonyl (C=O) groups is 1. The third kappa shape index (κ3) is 3.44. The average molecular weight is 243 g/mol. The second-order valence-corrected chi connectivity index (χ2v) is 5.96. The van der Waals surface area contributed by atoms with Crippen molar-refractivity contribution >= 4 is 12.7 Å². The van der Waals surface area contributed by atoms with Crippen molar-refractivity contribution in [2.45, 2.75) is 51.6 Å². The zero-order valence-corrected chi connectivity index (χ0v) is 10.9. The highest BCUT2D eigenvalue weighted by atomic mass is 16.6. The minimum absolute atomic E-state index is 0.0424. The number of quaternary nitrogens is 1. The van der Waals surface area contributed by atoms with Gasteiger partial charge in [0.1, 0.15) is 5.60 Å². The fourth-order valence-corrected chi connectivity index (χ4v) is 2.55. The quantitative estimate of drug-likeness (QED) is 0.549. The van der Waals surface area contributed by atoms with E-state index in [1.54, 1.807) is 0 Å². The van der Waals surface area contributed by atoms with Crippen LogP contribution >= 0.6 is 0 Å². The first-order valence-corrected chi connectivity index (χ1v) is 6.43. The first-order chi connectivity index (χ1) is 7.89. The maximum atomic E-state index is 11.7. The summed E-state index contributed by atoms with van der Waals surface area (Å²) in [5.41, 5.74) is -0.422. The van der Waals surface area contributed by atoms with Gasteiger partial charge in [0.05, 0.1) is 19.6 Å². The van der Waals surface area contributed by atoms with Gasteiger partial charge < -0.3 is 19.3 Å². The van der Waals surface area contributed by atoms with Crippen LogP contribution in [-0.2, 0) is 18.8 Å². The molecule has 2 unspecified atom stereocenters. The molecular formula is C11H22BNO4. The number of rotatable bonds is 2. The van der Waals surface area contributed by atoms with Crippen molar-refractivity contribution in [2.24, 2.45) is 0 Å². The summed E-state index contributed by atoms with van der Waals surface area (Å²) in [5.74, 6) is -0.187. The normalized spacial score (nSPS) is 33.2. The van der Waals surface area contributed by atoms with E-state index in [1.165, 1.54) is 0 Å². The maximum Gasteiger partial charge on any atom is 0.469 e. The summed E-state index contributed by atoms with van der Waals surface area (Å²) in [6, 6.07) is 0. The van der Waals surface area contributed by atoms with Gasteiger partial charge in [-0.25, -0.2) is 0 Å². The third-order valence-electron chi connectivity index (χ3n) is 3.17. The fourth-order valence-electron chi connectivity index (χ4n) is 2.55. The maximum absolute atomic E-state index is 11.7. The van der Waals surface area contributed by atoms with Crippen molar-refractivity contribution in [2.75, 3.05) is 13.2 Å². The second kappa shape index (κ2) is 4.59. The number of hydrogen-bond acceptors (Lipinski definition) is 4. The zero-order valence-electron chi connectivity index (χ0n) is 10.9. The first-order valence-electron chi connectivity index (χ1n) is 6.43. The van der Waals surface area contributed by atoms with Gasteiger partial charge in [0, 0.05) is 6.10 Å². The van der Waals surface area contributed by atoms with Crippen LogP contribution in [0.3, 0.4) is 0 Å².